The fourth-order valence-electron chi connectivity index (χ4n) is 2.90. The Kier molecular flexibility index (Phi) is 3.04. The molecule has 0 bridgehead atoms. The Morgan fingerprint density at radius 3 is 2.85 bits per heavy atom. The van der Waals surface area contributed by atoms with Crippen LogP contribution in [0.2, 0.25) is 0 Å². The number of furan rings is 1. The van der Waals surface area contributed by atoms with E-state index < -0.39 is 11.4 Å². The van der Waals surface area contributed by atoms with Crippen LogP contribution in [-0.4, -0.2) is 31.3 Å². The normalized spacial score (nSPS) is 17.4. The molecular formula is C13H16N4O3. The van der Waals surface area contributed by atoms with Crippen LogP contribution in [0.5, 0.6) is 0 Å². The third kappa shape index (κ3) is 1.99. The molecule has 0 amide bonds. The van der Waals surface area contributed by atoms with Crippen LogP contribution in [0.3, 0.4) is 0 Å². The lowest BCUT2D eigenvalue weighted by atomic mass is 9.86. The number of aryl methyl sites for hydroxylation is 1. The minimum Gasteiger partial charge on any atom is -0.481 e. The Labute approximate surface area is 115 Å². The number of aromatic nitrogens is 4. The Bertz CT molecular complexity index is 625. The summed E-state index contributed by atoms with van der Waals surface area (Å²) in [6.45, 7) is 2.13. The molecular weight excluding hydrogens is 260 g/mol. The van der Waals surface area contributed by atoms with Crippen molar-refractivity contribution in [2.45, 2.75) is 39.2 Å². The van der Waals surface area contributed by atoms with Crippen molar-refractivity contribution < 1.29 is 14.3 Å². The van der Waals surface area contributed by atoms with Gasteiger partial charge in [0.15, 0.2) is 5.82 Å². The van der Waals surface area contributed by atoms with Gasteiger partial charge in [-0.2, -0.15) is 0 Å². The maximum Gasteiger partial charge on any atom is 0.311 e. The lowest BCUT2D eigenvalue weighted by Crippen LogP contribution is -2.33. The van der Waals surface area contributed by atoms with Crippen molar-refractivity contribution in [2.24, 2.45) is 5.41 Å². The lowest BCUT2D eigenvalue weighted by molar-refractivity contribution is -0.149. The monoisotopic (exact) mass is 276 g/mol. The third-order valence-electron chi connectivity index (χ3n) is 4.10. The molecule has 0 aromatic carbocycles. The summed E-state index contributed by atoms with van der Waals surface area (Å²) in [6.07, 6.45) is 4.80. The van der Waals surface area contributed by atoms with E-state index >= 15 is 0 Å². The Balaban J connectivity index is 1.94. The first-order chi connectivity index (χ1) is 9.62. The number of rotatable bonds is 4. The molecule has 7 nitrogen and oxygen atoms in total. The zero-order valence-electron chi connectivity index (χ0n) is 11.2. The summed E-state index contributed by atoms with van der Waals surface area (Å²) in [5.41, 5.74) is 0.0513. The van der Waals surface area contributed by atoms with E-state index in [9.17, 15) is 9.90 Å². The minimum absolute atomic E-state index is 0.301. The van der Waals surface area contributed by atoms with E-state index in [1.54, 1.807) is 17.0 Å². The number of tetrazole rings is 1. The van der Waals surface area contributed by atoms with Gasteiger partial charge in [0.1, 0.15) is 5.76 Å². The third-order valence-corrected chi connectivity index (χ3v) is 4.10. The van der Waals surface area contributed by atoms with Crippen molar-refractivity contribution in [3.63, 3.8) is 0 Å². The van der Waals surface area contributed by atoms with Gasteiger partial charge in [-0.15, -0.1) is 5.10 Å². The summed E-state index contributed by atoms with van der Waals surface area (Å²) in [5.74, 6) is 0.515. The highest BCUT2D eigenvalue weighted by Crippen LogP contribution is 2.40. The molecule has 0 saturated heterocycles. The average Bonchev–Trinajstić information content (AvgIpc) is 3.11. The summed E-state index contributed by atoms with van der Waals surface area (Å²) in [6, 6.07) is 1.79. The summed E-state index contributed by atoms with van der Waals surface area (Å²) >= 11 is 0. The highest BCUT2D eigenvalue weighted by Gasteiger charge is 2.42. The van der Waals surface area contributed by atoms with Crippen LogP contribution in [0.25, 0.3) is 11.4 Å². The predicted molar refractivity (Wildman–Crippen MR) is 68.8 cm³/mol. The summed E-state index contributed by atoms with van der Waals surface area (Å²) < 4.78 is 6.84. The van der Waals surface area contributed by atoms with Crippen LogP contribution in [0.15, 0.2) is 16.7 Å². The molecule has 1 saturated carbocycles. The first-order valence-corrected chi connectivity index (χ1v) is 6.66. The van der Waals surface area contributed by atoms with Crippen molar-refractivity contribution in [3.05, 3.63) is 18.1 Å². The van der Waals surface area contributed by atoms with Crippen LogP contribution >= 0.6 is 0 Å². The summed E-state index contributed by atoms with van der Waals surface area (Å²) in [4.78, 5) is 11.6. The first kappa shape index (κ1) is 12.8. The molecule has 7 heteroatoms. The van der Waals surface area contributed by atoms with Gasteiger partial charge in [-0.1, -0.05) is 12.8 Å². The van der Waals surface area contributed by atoms with Gasteiger partial charge < -0.3 is 9.52 Å². The molecule has 1 aliphatic rings. The number of carboxylic acids is 1. The van der Waals surface area contributed by atoms with Gasteiger partial charge in [0.25, 0.3) is 0 Å². The molecule has 0 spiro atoms. The second-order valence-corrected chi connectivity index (χ2v) is 5.34. The van der Waals surface area contributed by atoms with E-state index in [1.807, 2.05) is 6.92 Å². The van der Waals surface area contributed by atoms with Crippen molar-refractivity contribution in [1.82, 2.24) is 20.2 Å². The van der Waals surface area contributed by atoms with Crippen LogP contribution in [0, 0.1) is 12.3 Å². The zero-order valence-corrected chi connectivity index (χ0v) is 11.2. The Morgan fingerprint density at radius 2 is 2.25 bits per heavy atom. The predicted octanol–water partition coefficient (Wildman–Crippen LogP) is 1.89. The molecule has 1 fully saturated rings. The maximum absolute atomic E-state index is 11.6. The first-order valence-electron chi connectivity index (χ1n) is 6.66. The highest BCUT2D eigenvalue weighted by atomic mass is 16.4. The summed E-state index contributed by atoms with van der Waals surface area (Å²) in [5, 5.41) is 21.2. The minimum atomic E-state index is -0.764. The smallest absolute Gasteiger partial charge is 0.311 e. The quantitative estimate of drug-likeness (QED) is 0.916. The molecule has 2 heterocycles. The van der Waals surface area contributed by atoms with Crippen LogP contribution < -0.4 is 0 Å². The van der Waals surface area contributed by atoms with Gasteiger partial charge in [0, 0.05) is 0 Å². The number of nitrogens with zero attached hydrogens (tertiary/aromatic N) is 4. The molecule has 20 heavy (non-hydrogen) atoms. The standard InChI is InChI=1S/C13H16N4O3/c1-9-10(4-7-20-9)11-14-15-16-17(11)8-13(12(18)19)5-2-3-6-13/h4,7H,2-3,5-6,8H2,1H3,(H,18,19). The number of carbonyl (C=O) groups is 1. The van der Waals surface area contributed by atoms with Gasteiger partial charge in [0.2, 0.25) is 0 Å². The second kappa shape index (κ2) is 4.73. The molecule has 2 aromatic rings. The Hall–Kier alpha value is -2.18. The van der Waals surface area contributed by atoms with Gasteiger partial charge in [-0.05, 0) is 36.3 Å². The zero-order chi connectivity index (χ0) is 14.2. The number of aliphatic carboxylic acids is 1. The molecule has 1 aliphatic carbocycles. The van der Waals surface area contributed by atoms with Crippen molar-refractivity contribution >= 4 is 5.97 Å². The summed E-state index contributed by atoms with van der Waals surface area (Å²) in [7, 11) is 0. The maximum atomic E-state index is 11.6. The van der Waals surface area contributed by atoms with Crippen molar-refractivity contribution in [2.75, 3.05) is 0 Å². The Morgan fingerprint density at radius 1 is 1.50 bits per heavy atom. The second-order valence-electron chi connectivity index (χ2n) is 5.34. The van der Waals surface area contributed by atoms with E-state index in [2.05, 4.69) is 15.5 Å². The average molecular weight is 276 g/mol. The van der Waals surface area contributed by atoms with Gasteiger partial charge >= 0.3 is 5.97 Å². The molecule has 106 valence electrons. The van der Waals surface area contributed by atoms with E-state index in [4.69, 9.17) is 4.42 Å². The number of hydrogen-bond acceptors (Lipinski definition) is 5. The number of carboxylic acid groups (broad SMARTS) is 1. The molecule has 1 N–H and O–H groups in total. The fraction of sp³-hybridized carbons (Fsp3) is 0.538. The van der Waals surface area contributed by atoms with Crippen LogP contribution in [-0.2, 0) is 11.3 Å². The topological polar surface area (TPSA) is 94.0 Å². The molecule has 2 aromatic heterocycles. The SMILES string of the molecule is Cc1occc1-c1nnnn1CC1(C(=O)O)CCCC1. The van der Waals surface area contributed by atoms with Gasteiger partial charge in [0.05, 0.1) is 23.8 Å². The fourth-order valence-corrected chi connectivity index (χ4v) is 2.90. The molecule has 0 aliphatic heterocycles. The molecule has 3 rings (SSSR count). The van der Waals surface area contributed by atoms with E-state index in [-0.39, 0.29) is 0 Å². The van der Waals surface area contributed by atoms with Crippen LogP contribution in [0.4, 0.5) is 0 Å². The van der Waals surface area contributed by atoms with Crippen molar-refractivity contribution in [1.29, 1.82) is 0 Å². The molecule has 0 radical (unpaired) electrons. The van der Waals surface area contributed by atoms with Gasteiger partial charge in [-0.3, -0.25) is 4.79 Å². The van der Waals surface area contributed by atoms with E-state index in [0.717, 1.165) is 24.2 Å². The lowest BCUT2D eigenvalue weighted by Gasteiger charge is -2.23. The van der Waals surface area contributed by atoms with Crippen LogP contribution in [0.1, 0.15) is 31.4 Å². The van der Waals surface area contributed by atoms with Gasteiger partial charge in [-0.25, -0.2) is 4.68 Å². The largest absolute Gasteiger partial charge is 0.481 e. The molecule has 0 atom stereocenters. The van der Waals surface area contributed by atoms with E-state index in [0.29, 0.717) is 25.2 Å². The van der Waals surface area contributed by atoms with E-state index in [1.165, 1.54) is 0 Å². The number of hydrogen-bond donors (Lipinski definition) is 1. The van der Waals surface area contributed by atoms with Crippen molar-refractivity contribution in [3.8, 4) is 11.4 Å². The highest BCUT2D eigenvalue weighted by molar-refractivity contribution is 5.75. The molecule has 0 unspecified atom stereocenters.